The van der Waals surface area contributed by atoms with Crippen LogP contribution < -0.4 is 11.2 Å². The largest absolute Gasteiger partial charge is 0.391 e. The van der Waals surface area contributed by atoms with Gasteiger partial charge < -0.3 is 9.84 Å². The molecule has 0 saturated carbocycles. The molecule has 1 aliphatic rings. The number of aromatic amines is 1. The first kappa shape index (κ1) is 12.4. The monoisotopic (exact) mass is 258 g/mol. The Morgan fingerprint density at radius 1 is 1.65 bits per heavy atom. The molecule has 1 aliphatic heterocycles. The standard InChI is InChI=1S/C10H14N2O4S/c1-7-4-12(9(15)11-8(7)14)10(5-13)6-17-3-2-16-10/h4,13H,2-3,5-6H2,1H3,(H,11,14,15)/t10-/m0/s1. The third-order valence-corrected chi connectivity index (χ3v) is 3.84. The Balaban J connectivity index is 2.54. The van der Waals surface area contributed by atoms with Crippen LogP contribution in [-0.4, -0.2) is 39.4 Å². The number of aryl methyl sites for hydroxylation is 1. The minimum Gasteiger partial charge on any atom is -0.391 e. The van der Waals surface area contributed by atoms with Crippen molar-refractivity contribution in [3.05, 3.63) is 32.6 Å². The van der Waals surface area contributed by atoms with Gasteiger partial charge in [0.25, 0.3) is 5.56 Å². The summed E-state index contributed by atoms with van der Waals surface area (Å²) < 4.78 is 6.82. The van der Waals surface area contributed by atoms with Gasteiger partial charge >= 0.3 is 5.69 Å². The number of rotatable bonds is 2. The number of hydrogen-bond acceptors (Lipinski definition) is 5. The first-order chi connectivity index (χ1) is 8.09. The second kappa shape index (κ2) is 4.67. The summed E-state index contributed by atoms with van der Waals surface area (Å²) in [5.41, 5.74) is -1.62. The van der Waals surface area contributed by atoms with E-state index in [9.17, 15) is 14.7 Å². The molecule has 0 bridgehead atoms. The number of H-pyrrole nitrogens is 1. The third-order valence-electron chi connectivity index (χ3n) is 2.73. The number of aliphatic hydroxyl groups is 1. The molecule has 1 fully saturated rings. The maximum atomic E-state index is 11.8. The van der Waals surface area contributed by atoms with E-state index < -0.39 is 17.0 Å². The Morgan fingerprint density at radius 3 is 3.00 bits per heavy atom. The van der Waals surface area contributed by atoms with E-state index >= 15 is 0 Å². The summed E-state index contributed by atoms with van der Waals surface area (Å²) in [5.74, 6) is 1.31. The summed E-state index contributed by atoms with van der Waals surface area (Å²) in [6.45, 7) is 1.77. The highest BCUT2D eigenvalue weighted by molar-refractivity contribution is 7.99. The third kappa shape index (κ3) is 2.18. The molecular weight excluding hydrogens is 244 g/mol. The first-order valence-corrected chi connectivity index (χ1v) is 6.40. The summed E-state index contributed by atoms with van der Waals surface area (Å²) in [6, 6.07) is 0. The van der Waals surface area contributed by atoms with Crippen LogP contribution in [0.2, 0.25) is 0 Å². The highest BCUT2D eigenvalue weighted by atomic mass is 32.2. The normalized spacial score (nSPS) is 24.8. The van der Waals surface area contributed by atoms with Crippen LogP contribution in [0.4, 0.5) is 0 Å². The molecule has 17 heavy (non-hydrogen) atoms. The fourth-order valence-electron chi connectivity index (χ4n) is 1.74. The van der Waals surface area contributed by atoms with E-state index in [0.29, 0.717) is 17.9 Å². The molecule has 0 unspecified atom stereocenters. The van der Waals surface area contributed by atoms with Crippen molar-refractivity contribution in [3.8, 4) is 0 Å². The van der Waals surface area contributed by atoms with E-state index in [4.69, 9.17) is 4.74 Å². The lowest BCUT2D eigenvalue weighted by atomic mass is 10.2. The Kier molecular flexibility index (Phi) is 3.41. The van der Waals surface area contributed by atoms with Crippen molar-refractivity contribution in [2.75, 3.05) is 24.7 Å². The van der Waals surface area contributed by atoms with Crippen LogP contribution in [0.3, 0.4) is 0 Å². The lowest BCUT2D eigenvalue weighted by Crippen LogP contribution is -2.52. The zero-order chi connectivity index (χ0) is 12.5. The van der Waals surface area contributed by atoms with Crippen molar-refractivity contribution in [3.63, 3.8) is 0 Å². The van der Waals surface area contributed by atoms with Gasteiger partial charge in [-0.2, -0.15) is 11.8 Å². The lowest BCUT2D eigenvalue weighted by Gasteiger charge is -2.36. The van der Waals surface area contributed by atoms with Crippen LogP contribution in [-0.2, 0) is 10.5 Å². The van der Waals surface area contributed by atoms with E-state index in [1.807, 2.05) is 0 Å². The second-order valence-electron chi connectivity index (χ2n) is 3.95. The number of thioether (sulfide) groups is 1. The van der Waals surface area contributed by atoms with E-state index in [1.54, 1.807) is 18.7 Å². The molecule has 94 valence electrons. The molecule has 0 aromatic carbocycles. The van der Waals surface area contributed by atoms with Gasteiger partial charge in [-0.05, 0) is 6.92 Å². The van der Waals surface area contributed by atoms with Gasteiger partial charge in [0.05, 0.1) is 13.2 Å². The average molecular weight is 258 g/mol. The lowest BCUT2D eigenvalue weighted by molar-refractivity contribution is -0.122. The van der Waals surface area contributed by atoms with Gasteiger partial charge in [-0.25, -0.2) is 4.79 Å². The molecule has 0 spiro atoms. The van der Waals surface area contributed by atoms with Crippen LogP contribution in [0, 0.1) is 6.92 Å². The highest BCUT2D eigenvalue weighted by Crippen LogP contribution is 2.26. The van der Waals surface area contributed by atoms with Gasteiger partial charge in [0.2, 0.25) is 0 Å². The van der Waals surface area contributed by atoms with Crippen LogP contribution in [0.25, 0.3) is 0 Å². The molecule has 6 nitrogen and oxygen atoms in total. The number of aliphatic hydroxyl groups excluding tert-OH is 1. The molecule has 1 aromatic heterocycles. The first-order valence-electron chi connectivity index (χ1n) is 5.25. The van der Waals surface area contributed by atoms with Gasteiger partial charge in [-0.1, -0.05) is 0 Å². The van der Waals surface area contributed by atoms with E-state index in [-0.39, 0.29) is 6.61 Å². The van der Waals surface area contributed by atoms with Gasteiger partial charge in [0, 0.05) is 23.3 Å². The Bertz CT molecular complexity index is 516. The zero-order valence-corrected chi connectivity index (χ0v) is 10.2. The fraction of sp³-hybridized carbons (Fsp3) is 0.600. The van der Waals surface area contributed by atoms with Crippen LogP contribution in [0.5, 0.6) is 0 Å². The molecule has 7 heteroatoms. The highest BCUT2D eigenvalue weighted by Gasteiger charge is 2.36. The van der Waals surface area contributed by atoms with Crippen molar-refractivity contribution in [2.45, 2.75) is 12.6 Å². The Hall–Kier alpha value is -1.05. The van der Waals surface area contributed by atoms with Crippen molar-refractivity contribution in [1.82, 2.24) is 9.55 Å². The van der Waals surface area contributed by atoms with Crippen LogP contribution >= 0.6 is 11.8 Å². The maximum Gasteiger partial charge on any atom is 0.330 e. The van der Waals surface area contributed by atoms with Crippen LogP contribution in [0.1, 0.15) is 5.56 Å². The summed E-state index contributed by atoms with van der Waals surface area (Å²) in [6.07, 6.45) is 1.43. The molecule has 0 amide bonds. The van der Waals surface area contributed by atoms with Crippen LogP contribution in [0.15, 0.2) is 15.8 Å². The van der Waals surface area contributed by atoms with Crippen molar-refractivity contribution in [1.29, 1.82) is 0 Å². The second-order valence-corrected chi connectivity index (χ2v) is 5.05. The number of aromatic nitrogens is 2. The molecule has 1 atom stereocenters. The van der Waals surface area contributed by atoms with E-state index in [2.05, 4.69) is 4.98 Å². The predicted octanol–water partition coefficient (Wildman–Crippen LogP) is -0.746. The fourth-order valence-corrected chi connectivity index (χ4v) is 2.72. The summed E-state index contributed by atoms with van der Waals surface area (Å²) in [4.78, 5) is 25.3. The van der Waals surface area contributed by atoms with E-state index in [0.717, 1.165) is 5.75 Å². The molecular formula is C10H14N2O4S. The van der Waals surface area contributed by atoms with Crippen molar-refractivity contribution < 1.29 is 9.84 Å². The molecule has 2 heterocycles. The minimum absolute atomic E-state index is 0.300. The van der Waals surface area contributed by atoms with Gasteiger partial charge in [0.1, 0.15) is 0 Å². The Morgan fingerprint density at radius 2 is 2.41 bits per heavy atom. The predicted molar refractivity (Wildman–Crippen MR) is 64.4 cm³/mol. The molecule has 2 rings (SSSR count). The average Bonchev–Trinajstić information content (AvgIpc) is 2.34. The number of ether oxygens (including phenoxy) is 1. The number of nitrogens with one attached hydrogen (secondary N) is 1. The van der Waals surface area contributed by atoms with Crippen molar-refractivity contribution >= 4 is 11.8 Å². The zero-order valence-electron chi connectivity index (χ0n) is 9.43. The smallest absolute Gasteiger partial charge is 0.330 e. The Labute approximate surface area is 102 Å². The maximum absolute atomic E-state index is 11.8. The molecule has 1 saturated heterocycles. The van der Waals surface area contributed by atoms with Gasteiger partial charge in [-0.3, -0.25) is 14.3 Å². The SMILES string of the molecule is Cc1cn([C@]2(CO)CSCCO2)c(=O)[nH]c1=O. The topological polar surface area (TPSA) is 84.3 Å². The van der Waals surface area contributed by atoms with E-state index in [1.165, 1.54) is 10.8 Å². The van der Waals surface area contributed by atoms with Gasteiger partial charge in [0.15, 0.2) is 5.72 Å². The molecule has 1 aromatic rings. The number of hydrogen-bond donors (Lipinski definition) is 2. The van der Waals surface area contributed by atoms with Gasteiger partial charge in [-0.15, -0.1) is 0 Å². The minimum atomic E-state index is -1.06. The number of nitrogens with zero attached hydrogens (tertiary/aromatic N) is 1. The van der Waals surface area contributed by atoms with Crippen molar-refractivity contribution in [2.24, 2.45) is 0 Å². The summed E-state index contributed by atoms with van der Waals surface area (Å²) in [7, 11) is 0. The molecule has 0 radical (unpaired) electrons. The molecule has 0 aliphatic carbocycles. The summed E-state index contributed by atoms with van der Waals surface area (Å²) >= 11 is 1.60. The molecule has 2 N–H and O–H groups in total. The quantitative estimate of drug-likeness (QED) is 0.729. The summed E-state index contributed by atoms with van der Waals surface area (Å²) in [5, 5.41) is 9.49.